The number of hydrogen-bond donors (Lipinski definition) is 1. The maximum Gasteiger partial charge on any atom is 0.253 e. The minimum absolute atomic E-state index is 0.00296. The molecule has 1 heterocycles. The van der Waals surface area contributed by atoms with E-state index in [-0.39, 0.29) is 17.8 Å². The van der Waals surface area contributed by atoms with Gasteiger partial charge in [-0.05, 0) is 66.3 Å². The largest absolute Gasteiger partial charge is 0.350 e. The Labute approximate surface area is 163 Å². The molecule has 0 saturated carbocycles. The average Bonchev–Trinajstić information content (AvgIpc) is 2.92. The topological polar surface area (TPSA) is 46.9 Å². The first-order chi connectivity index (χ1) is 11.8. The second kappa shape index (κ2) is 7.29. The zero-order chi connectivity index (χ0) is 18.1. The molecule has 0 atom stereocenters. The summed E-state index contributed by atoms with van der Waals surface area (Å²) in [5.41, 5.74) is 1.91. The number of halogens is 3. The Hall–Kier alpha value is -1.67. The summed E-state index contributed by atoms with van der Waals surface area (Å²) in [6, 6.07) is 8.46. The fraction of sp³-hybridized carbons (Fsp3) is 0.222. The molecule has 0 saturated heterocycles. The highest BCUT2D eigenvalue weighted by atomic mass is 127. The van der Waals surface area contributed by atoms with Gasteiger partial charge in [-0.2, -0.15) is 5.10 Å². The third kappa shape index (κ3) is 3.95. The fourth-order valence-corrected chi connectivity index (χ4v) is 3.20. The molecule has 7 heteroatoms. The number of fused-ring (bicyclic) bond motifs is 1. The van der Waals surface area contributed by atoms with Crippen LogP contribution in [0.15, 0.2) is 36.5 Å². The summed E-state index contributed by atoms with van der Waals surface area (Å²) in [6.07, 6.45) is 1.66. The molecule has 1 N–H and O–H groups in total. The Kier molecular flexibility index (Phi) is 5.29. The van der Waals surface area contributed by atoms with Crippen LogP contribution in [0.25, 0.3) is 10.9 Å². The van der Waals surface area contributed by atoms with Crippen LogP contribution in [0, 0.1) is 9.39 Å². The van der Waals surface area contributed by atoms with Gasteiger partial charge in [0.25, 0.3) is 5.91 Å². The van der Waals surface area contributed by atoms with Crippen molar-refractivity contribution in [1.82, 2.24) is 15.1 Å². The van der Waals surface area contributed by atoms with Crippen LogP contribution in [0.5, 0.6) is 0 Å². The molecule has 0 aliphatic rings. The molecule has 0 radical (unpaired) electrons. The van der Waals surface area contributed by atoms with Crippen LogP contribution in [0.4, 0.5) is 4.39 Å². The van der Waals surface area contributed by atoms with Crippen molar-refractivity contribution < 1.29 is 9.18 Å². The van der Waals surface area contributed by atoms with Gasteiger partial charge >= 0.3 is 0 Å². The normalized spacial score (nSPS) is 11.3. The van der Waals surface area contributed by atoms with Crippen molar-refractivity contribution in [1.29, 1.82) is 0 Å². The number of amides is 1. The highest BCUT2D eigenvalue weighted by Gasteiger charge is 2.17. The standard InChI is InChI=1S/C18H16ClFIN3O/c1-10(2)23-18(25)14-7-13(19)6-12-8-22-24(17(12)14)9-11-3-4-16(21)15(20)5-11/h3-8,10H,9H2,1-2H3,(H,23,25). The van der Waals surface area contributed by atoms with Gasteiger partial charge in [-0.15, -0.1) is 0 Å². The van der Waals surface area contributed by atoms with E-state index in [4.69, 9.17) is 11.6 Å². The summed E-state index contributed by atoms with van der Waals surface area (Å²) in [5, 5.41) is 8.48. The van der Waals surface area contributed by atoms with Gasteiger partial charge < -0.3 is 5.32 Å². The average molecular weight is 472 g/mol. The minimum Gasteiger partial charge on any atom is -0.350 e. The third-order valence-electron chi connectivity index (χ3n) is 3.68. The lowest BCUT2D eigenvalue weighted by atomic mass is 10.1. The number of hydrogen-bond acceptors (Lipinski definition) is 2. The van der Waals surface area contributed by atoms with Crippen LogP contribution in [-0.2, 0) is 6.54 Å². The van der Waals surface area contributed by atoms with Gasteiger partial charge in [-0.1, -0.05) is 17.7 Å². The van der Waals surface area contributed by atoms with E-state index in [1.807, 2.05) is 42.5 Å². The van der Waals surface area contributed by atoms with E-state index in [1.165, 1.54) is 6.07 Å². The predicted octanol–water partition coefficient (Wildman–Crippen LogP) is 4.62. The summed E-state index contributed by atoms with van der Waals surface area (Å²) in [7, 11) is 0. The van der Waals surface area contributed by atoms with Crippen molar-refractivity contribution in [3.8, 4) is 0 Å². The number of nitrogens with one attached hydrogen (secondary N) is 1. The fourth-order valence-electron chi connectivity index (χ4n) is 2.64. The highest BCUT2D eigenvalue weighted by Crippen LogP contribution is 2.25. The van der Waals surface area contributed by atoms with Crippen molar-refractivity contribution in [2.24, 2.45) is 0 Å². The van der Waals surface area contributed by atoms with Crippen LogP contribution in [0.1, 0.15) is 29.8 Å². The quantitative estimate of drug-likeness (QED) is 0.565. The van der Waals surface area contributed by atoms with E-state index in [9.17, 15) is 9.18 Å². The summed E-state index contributed by atoms with van der Waals surface area (Å²) in [5.74, 6) is -0.478. The van der Waals surface area contributed by atoms with Crippen LogP contribution in [0.2, 0.25) is 5.02 Å². The Morgan fingerprint density at radius 2 is 2.12 bits per heavy atom. The van der Waals surface area contributed by atoms with Crippen molar-refractivity contribution in [2.45, 2.75) is 26.4 Å². The Morgan fingerprint density at radius 3 is 2.80 bits per heavy atom. The predicted molar refractivity (Wildman–Crippen MR) is 106 cm³/mol. The van der Waals surface area contributed by atoms with E-state index in [0.717, 1.165) is 10.9 Å². The second-order valence-corrected chi connectivity index (χ2v) is 7.67. The van der Waals surface area contributed by atoms with Crippen molar-refractivity contribution in [3.63, 3.8) is 0 Å². The highest BCUT2D eigenvalue weighted by molar-refractivity contribution is 14.1. The maximum absolute atomic E-state index is 13.8. The van der Waals surface area contributed by atoms with E-state index in [1.54, 1.807) is 29.1 Å². The van der Waals surface area contributed by atoms with Crippen molar-refractivity contribution in [3.05, 3.63) is 62.1 Å². The Balaban J connectivity index is 2.07. The number of carbonyl (C=O) groups excluding carboxylic acids is 1. The third-order valence-corrected chi connectivity index (χ3v) is 4.77. The van der Waals surface area contributed by atoms with E-state index < -0.39 is 0 Å². The molecule has 4 nitrogen and oxygen atoms in total. The molecule has 0 aliphatic heterocycles. The Morgan fingerprint density at radius 1 is 1.36 bits per heavy atom. The van der Waals surface area contributed by atoms with Crippen LogP contribution in [0.3, 0.4) is 0 Å². The summed E-state index contributed by atoms with van der Waals surface area (Å²) in [6.45, 7) is 4.15. The SMILES string of the molecule is CC(C)NC(=O)c1cc(Cl)cc2cnn(Cc3ccc(I)c(F)c3)c12. The van der Waals surface area contributed by atoms with Crippen LogP contribution < -0.4 is 5.32 Å². The lowest BCUT2D eigenvalue weighted by Gasteiger charge is -2.12. The number of benzene rings is 2. The Bertz CT molecular complexity index is 955. The number of rotatable bonds is 4. The van der Waals surface area contributed by atoms with Gasteiger partial charge in [-0.25, -0.2) is 4.39 Å². The molecule has 1 amide bonds. The molecule has 2 aromatic carbocycles. The molecular weight excluding hydrogens is 456 g/mol. The molecule has 25 heavy (non-hydrogen) atoms. The molecule has 0 aliphatic carbocycles. The van der Waals surface area contributed by atoms with Gasteiger partial charge in [-0.3, -0.25) is 9.48 Å². The molecule has 0 unspecified atom stereocenters. The van der Waals surface area contributed by atoms with Crippen LogP contribution in [-0.4, -0.2) is 21.7 Å². The van der Waals surface area contributed by atoms with Gasteiger partial charge in [0.1, 0.15) is 5.82 Å². The second-order valence-electron chi connectivity index (χ2n) is 6.07. The van der Waals surface area contributed by atoms with Gasteiger partial charge in [0.15, 0.2) is 0 Å². The van der Waals surface area contributed by atoms with E-state index in [2.05, 4.69) is 10.4 Å². The van der Waals surface area contributed by atoms with Crippen molar-refractivity contribution in [2.75, 3.05) is 0 Å². The first kappa shape index (κ1) is 18.1. The number of nitrogens with zero attached hydrogens (tertiary/aromatic N) is 2. The smallest absolute Gasteiger partial charge is 0.253 e. The molecular formula is C18H16ClFIN3O. The van der Waals surface area contributed by atoms with Crippen LogP contribution >= 0.6 is 34.2 Å². The summed E-state index contributed by atoms with van der Waals surface area (Å²) >= 11 is 8.09. The molecule has 3 aromatic rings. The summed E-state index contributed by atoms with van der Waals surface area (Å²) in [4.78, 5) is 12.6. The minimum atomic E-state index is -0.268. The molecule has 0 bridgehead atoms. The van der Waals surface area contributed by atoms with E-state index >= 15 is 0 Å². The molecule has 130 valence electrons. The zero-order valence-electron chi connectivity index (χ0n) is 13.7. The zero-order valence-corrected chi connectivity index (χ0v) is 16.6. The molecule has 0 fully saturated rings. The molecule has 0 spiro atoms. The van der Waals surface area contributed by atoms with Gasteiger partial charge in [0.05, 0.1) is 23.8 Å². The van der Waals surface area contributed by atoms with Crippen molar-refractivity contribution >= 4 is 51.0 Å². The maximum atomic E-state index is 13.8. The first-order valence-electron chi connectivity index (χ1n) is 7.75. The lowest BCUT2D eigenvalue weighted by Crippen LogP contribution is -2.30. The summed E-state index contributed by atoms with van der Waals surface area (Å²) < 4.78 is 16.1. The first-order valence-corrected chi connectivity index (χ1v) is 9.20. The number of aromatic nitrogens is 2. The lowest BCUT2D eigenvalue weighted by molar-refractivity contribution is 0.0944. The molecule has 3 rings (SSSR count). The van der Waals surface area contributed by atoms with Gasteiger partial charge in [0, 0.05) is 20.0 Å². The molecule has 1 aromatic heterocycles. The van der Waals surface area contributed by atoms with Gasteiger partial charge in [0.2, 0.25) is 0 Å². The monoisotopic (exact) mass is 471 g/mol. The van der Waals surface area contributed by atoms with E-state index in [0.29, 0.717) is 26.2 Å². The number of carbonyl (C=O) groups is 1.